The van der Waals surface area contributed by atoms with Crippen molar-refractivity contribution in [2.75, 3.05) is 24.2 Å². The van der Waals surface area contributed by atoms with Crippen LogP contribution in [-0.4, -0.2) is 40.1 Å². The molecule has 1 aliphatic rings. The molecule has 166 valence electrons. The molecular weight excluding hydrogens is 420 g/mol. The van der Waals surface area contributed by atoms with E-state index in [1.54, 1.807) is 0 Å². The zero-order valence-corrected chi connectivity index (χ0v) is 15.8. The molecule has 2 aromatic heterocycles. The normalized spacial score (nSPS) is 21.4. The molecule has 7 nitrogen and oxygen atoms in total. The third-order valence-corrected chi connectivity index (χ3v) is 4.93. The summed E-state index contributed by atoms with van der Waals surface area (Å²) in [6.07, 6.45) is -9.38. The molecule has 0 spiro atoms. The van der Waals surface area contributed by atoms with Crippen molar-refractivity contribution < 1.29 is 35.9 Å². The first kappa shape index (κ1) is 22.1. The van der Waals surface area contributed by atoms with E-state index in [2.05, 4.69) is 15.2 Å². The number of aromatic nitrogens is 3. The summed E-state index contributed by atoms with van der Waals surface area (Å²) in [4.78, 5) is 5.18. The molecule has 2 aromatic rings. The van der Waals surface area contributed by atoms with E-state index in [1.807, 2.05) is 0 Å². The maximum Gasteiger partial charge on any atom is 0.426 e. The van der Waals surface area contributed by atoms with Gasteiger partial charge < -0.3 is 20.2 Å². The summed E-state index contributed by atoms with van der Waals surface area (Å²) < 4.78 is 86.1. The molecule has 0 amide bonds. The van der Waals surface area contributed by atoms with Crippen LogP contribution < -0.4 is 10.6 Å². The van der Waals surface area contributed by atoms with Gasteiger partial charge in [-0.25, -0.2) is 4.98 Å². The molecular formula is C17H19F6N5O2. The predicted octanol–water partition coefficient (Wildman–Crippen LogP) is 3.88. The number of nitrogens with zero attached hydrogens (tertiary/aromatic N) is 4. The minimum atomic E-state index is -5.10. The number of fused-ring (bicyclic) bond motifs is 5. The SMILES string of the molecule is CN1CCCCCCC(O)(C(F)(F)F)c2nnc(o2)-c2nc1c(C(F)(F)F)cc2N. The lowest BCUT2D eigenvalue weighted by Crippen LogP contribution is -2.42. The number of nitrogens with two attached hydrogens (primary N) is 1. The fourth-order valence-electron chi connectivity index (χ4n) is 3.24. The van der Waals surface area contributed by atoms with Gasteiger partial charge in [0.05, 0.1) is 5.69 Å². The Morgan fingerprint density at radius 2 is 1.77 bits per heavy atom. The number of halogens is 6. The first-order valence-electron chi connectivity index (χ1n) is 9.07. The van der Waals surface area contributed by atoms with Crippen molar-refractivity contribution in [2.24, 2.45) is 0 Å². The molecule has 3 rings (SSSR count). The highest BCUT2D eigenvalue weighted by Crippen LogP contribution is 2.44. The number of aliphatic hydroxyl groups is 1. The number of alkyl halides is 6. The molecule has 13 heteroatoms. The van der Waals surface area contributed by atoms with Crippen molar-refractivity contribution in [1.82, 2.24) is 15.2 Å². The van der Waals surface area contributed by atoms with Crippen molar-refractivity contribution >= 4 is 11.5 Å². The molecule has 1 aliphatic heterocycles. The lowest BCUT2D eigenvalue weighted by atomic mass is 9.95. The smallest absolute Gasteiger partial charge is 0.416 e. The van der Waals surface area contributed by atoms with Crippen molar-refractivity contribution in [1.29, 1.82) is 0 Å². The van der Waals surface area contributed by atoms with Crippen molar-refractivity contribution in [3.05, 3.63) is 17.5 Å². The molecule has 1 atom stereocenters. The van der Waals surface area contributed by atoms with Gasteiger partial charge in [-0.2, -0.15) is 26.3 Å². The van der Waals surface area contributed by atoms with Gasteiger partial charge in [-0.1, -0.05) is 12.8 Å². The van der Waals surface area contributed by atoms with E-state index in [9.17, 15) is 31.4 Å². The minimum absolute atomic E-state index is 0.00305. The maximum absolute atomic E-state index is 13.6. The van der Waals surface area contributed by atoms with E-state index in [1.165, 1.54) is 11.9 Å². The lowest BCUT2D eigenvalue weighted by molar-refractivity contribution is -0.277. The molecule has 0 saturated heterocycles. The van der Waals surface area contributed by atoms with E-state index in [4.69, 9.17) is 10.2 Å². The second-order valence-electron chi connectivity index (χ2n) is 7.15. The molecule has 4 bridgehead atoms. The summed E-state index contributed by atoms with van der Waals surface area (Å²) in [6, 6.07) is 0.625. The fourth-order valence-corrected chi connectivity index (χ4v) is 3.24. The van der Waals surface area contributed by atoms with E-state index in [0.29, 0.717) is 25.3 Å². The molecule has 0 aromatic carbocycles. The summed E-state index contributed by atoms with van der Waals surface area (Å²) in [7, 11) is 1.42. The van der Waals surface area contributed by atoms with Crippen molar-refractivity contribution in [2.45, 2.75) is 50.1 Å². The Morgan fingerprint density at radius 3 is 2.40 bits per heavy atom. The van der Waals surface area contributed by atoms with Gasteiger partial charge in [-0.15, -0.1) is 10.2 Å². The summed E-state index contributed by atoms with van der Waals surface area (Å²) >= 11 is 0. The topological polar surface area (TPSA) is 101 Å². The van der Waals surface area contributed by atoms with E-state index in [-0.39, 0.29) is 13.0 Å². The monoisotopic (exact) mass is 439 g/mol. The highest BCUT2D eigenvalue weighted by molar-refractivity contribution is 5.71. The Labute approximate surface area is 166 Å². The van der Waals surface area contributed by atoms with E-state index >= 15 is 0 Å². The summed E-state index contributed by atoms with van der Waals surface area (Å²) in [6.45, 7) is 0.179. The zero-order valence-electron chi connectivity index (χ0n) is 15.8. The first-order chi connectivity index (χ1) is 13.8. The van der Waals surface area contributed by atoms with Crippen LogP contribution in [0.15, 0.2) is 10.5 Å². The predicted molar refractivity (Wildman–Crippen MR) is 93.3 cm³/mol. The summed E-state index contributed by atoms with van der Waals surface area (Å²) in [5.41, 5.74) is 0.294. The van der Waals surface area contributed by atoms with Crippen molar-refractivity contribution in [3.63, 3.8) is 0 Å². The quantitative estimate of drug-likeness (QED) is 0.601. The summed E-state index contributed by atoms with van der Waals surface area (Å²) in [5, 5.41) is 17.0. The second-order valence-corrected chi connectivity index (χ2v) is 7.15. The van der Waals surface area contributed by atoms with Gasteiger partial charge in [0, 0.05) is 13.6 Å². The van der Waals surface area contributed by atoms with Crippen LogP contribution in [0.4, 0.5) is 37.8 Å². The van der Waals surface area contributed by atoms with Gasteiger partial charge >= 0.3 is 12.4 Å². The lowest BCUT2D eigenvalue weighted by Gasteiger charge is -2.27. The Hall–Kier alpha value is -2.57. The standard InChI is InChI=1S/C17H19F6N5O2/c1-28-7-5-3-2-4-6-15(29,17(21,22)23)14-27-26-13(30-14)11-10(24)8-9(12(28)25-11)16(18,19)20/h8,29H,2-7,24H2,1H3. The molecule has 1 unspecified atom stereocenters. The Morgan fingerprint density at radius 1 is 1.10 bits per heavy atom. The van der Waals surface area contributed by atoms with E-state index in [0.717, 1.165) is 0 Å². The fraction of sp³-hybridized carbons (Fsp3) is 0.588. The average Bonchev–Trinajstić information content (AvgIpc) is 3.11. The van der Waals surface area contributed by atoms with Gasteiger partial charge in [0.1, 0.15) is 11.4 Å². The Kier molecular flexibility index (Phi) is 5.60. The van der Waals surface area contributed by atoms with Crippen LogP contribution >= 0.6 is 0 Å². The van der Waals surface area contributed by atoms with Crippen LogP contribution in [0.1, 0.15) is 43.6 Å². The average molecular weight is 439 g/mol. The first-order valence-corrected chi connectivity index (χ1v) is 9.07. The van der Waals surface area contributed by atoms with Crippen LogP contribution in [0.25, 0.3) is 11.6 Å². The molecule has 0 saturated carbocycles. The van der Waals surface area contributed by atoms with Gasteiger partial charge in [0.2, 0.25) is 5.60 Å². The molecule has 0 aliphatic carbocycles. The number of pyridine rings is 1. The van der Waals surface area contributed by atoms with Crippen LogP contribution in [0.2, 0.25) is 0 Å². The highest BCUT2D eigenvalue weighted by atomic mass is 19.4. The van der Waals surface area contributed by atoms with Crippen LogP contribution in [-0.2, 0) is 11.8 Å². The number of rotatable bonds is 0. The highest BCUT2D eigenvalue weighted by Gasteiger charge is 2.58. The summed E-state index contributed by atoms with van der Waals surface area (Å²) in [5.74, 6) is -2.20. The number of hydrogen-bond donors (Lipinski definition) is 2. The van der Waals surface area contributed by atoms with Crippen LogP contribution in [0.5, 0.6) is 0 Å². The molecule has 0 radical (unpaired) electrons. The number of hydrogen-bond acceptors (Lipinski definition) is 7. The number of anilines is 2. The second kappa shape index (κ2) is 7.60. The van der Waals surface area contributed by atoms with E-state index < -0.39 is 58.9 Å². The minimum Gasteiger partial charge on any atom is -0.416 e. The van der Waals surface area contributed by atoms with Gasteiger partial charge in [0.15, 0.2) is 5.69 Å². The van der Waals surface area contributed by atoms with Gasteiger partial charge in [-0.05, 0) is 25.3 Å². The molecule has 0 fully saturated rings. The zero-order chi connectivity index (χ0) is 22.3. The maximum atomic E-state index is 13.6. The van der Waals surface area contributed by atoms with Gasteiger partial charge in [0.25, 0.3) is 11.8 Å². The molecule has 3 N–H and O–H groups in total. The van der Waals surface area contributed by atoms with Crippen molar-refractivity contribution in [3.8, 4) is 11.6 Å². The number of nitrogen functional groups attached to an aromatic ring is 1. The third kappa shape index (κ3) is 4.02. The van der Waals surface area contributed by atoms with Crippen LogP contribution in [0, 0.1) is 0 Å². The Bertz CT molecular complexity index is 913. The third-order valence-electron chi connectivity index (χ3n) is 4.93. The molecule has 30 heavy (non-hydrogen) atoms. The Balaban J connectivity index is 2.19. The molecule has 3 heterocycles. The van der Waals surface area contributed by atoms with Gasteiger partial charge in [-0.3, -0.25) is 0 Å². The largest absolute Gasteiger partial charge is 0.426 e. The van der Waals surface area contributed by atoms with Crippen LogP contribution in [0.3, 0.4) is 0 Å².